The highest BCUT2D eigenvalue weighted by Gasteiger charge is 2.27. The Hall–Kier alpha value is -2.35. The maximum atomic E-state index is 14.1. The monoisotopic (exact) mass is 475 g/mol. The van der Waals surface area contributed by atoms with Crippen molar-refractivity contribution in [2.45, 2.75) is 71.1 Å². The fourth-order valence-electron chi connectivity index (χ4n) is 4.76. The van der Waals surface area contributed by atoms with Gasteiger partial charge in [0.2, 0.25) is 0 Å². The van der Waals surface area contributed by atoms with Crippen LogP contribution >= 0.6 is 0 Å². The van der Waals surface area contributed by atoms with Gasteiger partial charge in [0.1, 0.15) is 11.6 Å². The summed E-state index contributed by atoms with van der Waals surface area (Å²) in [5.41, 5.74) is 3.42. The highest BCUT2D eigenvalue weighted by Crippen LogP contribution is 2.28. The van der Waals surface area contributed by atoms with Crippen molar-refractivity contribution in [2.75, 3.05) is 19.7 Å². The zero-order valence-electron chi connectivity index (χ0n) is 20.2. The molecular weight excluding hydrogens is 440 g/mol. The molecule has 2 N–H and O–H groups in total. The first kappa shape index (κ1) is 26.3. The largest absolute Gasteiger partial charge is 0.481 e. The Balaban J connectivity index is 1.57. The van der Waals surface area contributed by atoms with Crippen LogP contribution in [-0.4, -0.2) is 52.9 Å². The lowest BCUT2D eigenvalue weighted by Crippen LogP contribution is -2.39. The topological polar surface area (TPSA) is 70.0 Å². The summed E-state index contributed by atoms with van der Waals surface area (Å²) >= 11 is 0. The van der Waals surface area contributed by atoms with Gasteiger partial charge in [-0.15, -0.1) is 0 Å². The van der Waals surface area contributed by atoms with Gasteiger partial charge in [0.25, 0.3) is 0 Å². The molecule has 7 heteroatoms. The van der Waals surface area contributed by atoms with Gasteiger partial charge in [0, 0.05) is 19.0 Å². The lowest BCUT2D eigenvalue weighted by atomic mass is 9.94. The predicted octanol–water partition coefficient (Wildman–Crippen LogP) is 4.74. The number of aliphatic hydroxyl groups excluding tert-OH is 1. The van der Waals surface area contributed by atoms with Crippen LogP contribution in [0.4, 0.5) is 8.78 Å². The Morgan fingerprint density at radius 2 is 1.97 bits per heavy atom. The first-order valence-electron chi connectivity index (χ1n) is 11.9. The minimum absolute atomic E-state index is 0.0894. The fourth-order valence-corrected chi connectivity index (χ4v) is 4.76. The molecule has 34 heavy (non-hydrogen) atoms. The lowest BCUT2D eigenvalue weighted by molar-refractivity contribution is -0.136. The summed E-state index contributed by atoms with van der Waals surface area (Å²) in [5.74, 6) is -1.50. The van der Waals surface area contributed by atoms with Crippen LogP contribution in [0.5, 0.6) is 0 Å². The summed E-state index contributed by atoms with van der Waals surface area (Å²) in [6.45, 7) is 6.67. The van der Waals surface area contributed by atoms with Crippen molar-refractivity contribution in [2.24, 2.45) is 0 Å². The number of carbonyl (C=O) groups is 1. The molecule has 1 aliphatic rings. The zero-order valence-corrected chi connectivity index (χ0v) is 20.2. The van der Waals surface area contributed by atoms with Crippen molar-refractivity contribution in [3.8, 4) is 0 Å². The number of likely N-dealkylation sites (tertiary alicyclic amines) is 1. The molecule has 3 atom stereocenters. The molecule has 1 fully saturated rings. The normalized spacial score (nSPS) is 18.2. The number of benzene rings is 2. The van der Waals surface area contributed by atoms with Gasteiger partial charge in [0.15, 0.2) is 0 Å². The fraction of sp³-hybridized carbons (Fsp3) is 0.519. The van der Waals surface area contributed by atoms with Gasteiger partial charge in [-0.1, -0.05) is 18.2 Å². The number of hydrogen-bond donors (Lipinski definition) is 2. The van der Waals surface area contributed by atoms with Crippen LogP contribution in [0.15, 0.2) is 30.3 Å². The van der Waals surface area contributed by atoms with E-state index in [0.717, 1.165) is 36.9 Å². The number of aliphatic carboxylic acids is 1. The highest BCUT2D eigenvalue weighted by atomic mass is 19.1. The molecule has 5 nitrogen and oxygen atoms in total. The van der Waals surface area contributed by atoms with E-state index in [-0.39, 0.29) is 37.1 Å². The average molecular weight is 476 g/mol. The highest BCUT2D eigenvalue weighted by molar-refractivity contribution is 5.67. The third kappa shape index (κ3) is 6.84. The number of aryl methyl sites for hydroxylation is 1. The van der Waals surface area contributed by atoms with Crippen LogP contribution < -0.4 is 0 Å². The van der Waals surface area contributed by atoms with Crippen LogP contribution in [0.1, 0.15) is 60.1 Å². The van der Waals surface area contributed by atoms with Gasteiger partial charge in [0.05, 0.1) is 18.8 Å². The first-order chi connectivity index (χ1) is 16.2. The van der Waals surface area contributed by atoms with Crippen molar-refractivity contribution in [3.05, 3.63) is 69.8 Å². The molecule has 0 unspecified atom stereocenters. The maximum Gasteiger partial charge on any atom is 0.303 e. The predicted molar refractivity (Wildman–Crippen MR) is 127 cm³/mol. The Kier molecular flexibility index (Phi) is 9.17. The van der Waals surface area contributed by atoms with Gasteiger partial charge in [-0.3, -0.25) is 9.69 Å². The van der Waals surface area contributed by atoms with Crippen molar-refractivity contribution < 1.29 is 28.5 Å². The Morgan fingerprint density at radius 3 is 2.68 bits per heavy atom. The molecule has 0 aromatic heterocycles. The van der Waals surface area contributed by atoms with Crippen molar-refractivity contribution in [1.82, 2.24) is 4.90 Å². The number of carboxylic acid groups (broad SMARTS) is 1. The van der Waals surface area contributed by atoms with Gasteiger partial charge in [-0.25, -0.2) is 8.78 Å². The Bertz CT molecular complexity index is 997. The molecule has 0 bridgehead atoms. The zero-order chi connectivity index (χ0) is 24.8. The third-order valence-corrected chi connectivity index (χ3v) is 6.79. The second-order valence-electron chi connectivity index (χ2n) is 9.34. The smallest absolute Gasteiger partial charge is 0.303 e. The maximum absolute atomic E-state index is 14.1. The number of carboxylic acids is 1. The minimum Gasteiger partial charge on any atom is -0.481 e. The molecule has 0 aliphatic carbocycles. The standard InChI is InChI=1S/C27H35F2NO4/c1-17-6-7-20(14-26(17)29)13-21-5-4-12-30(21)15-22(31)16-34-19(3)24-8-10-25(28)18(2)23(24)9-11-27(32)33/h6-8,10,14,19,21-22,31H,4-5,9,11-13,15-16H2,1-3H3,(H,32,33)/t19-,21+,22-/m1/s1. The molecule has 0 spiro atoms. The first-order valence-corrected chi connectivity index (χ1v) is 11.9. The minimum atomic E-state index is -0.938. The number of halogens is 2. The molecule has 2 aromatic rings. The van der Waals surface area contributed by atoms with Crippen LogP contribution in [0.25, 0.3) is 0 Å². The molecular formula is C27H35F2NO4. The van der Waals surface area contributed by atoms with Gasteiger partial charge in [-0.2, -0.15) is 0 Å². The molecule has 2 aromatic carbocycles. The molecule has 0 saturated carbocycles. The molecule has 1 aliphatic heterocycles. The van der Waals surface area contributed by atoms with Crippen molar-refractivity contribution in [1.29, 1.82) is 0 Å². The molecule has 0 amide bonds. The van der Waals surface area contributed by atoms with Gasteiger partial charge in [-0.05, 0) is 92.9 Å². The third-order valence-electron chi connectivity index (χ3n) is 6.79. The quantitative estimate of drug-likeness (QED) is 0.491. The molecule has 1 saturated heterocycles. The summed E-state index contributed by atoms with van der Waals surface area (Å²) < 4.78 is 33.9. The van der Waals surface area contributed by atoms with E-state index in [1.807, 2.05) is 13.0 Å². The Labute approximate surface area is 200 Å². The summed E-state index contributed by atoms with van der Waals surface area (Å²) in [4.78, 5) is 13.3. The number of ether oxygens (including phenoxy) is 1. The SMILES string of the molecule is Cc1ccc(C[C@@H]2CCCN2C[C@@H](O)CO[C@H](C)c2ccc(F)c(C)c2CCC(=O)O)cc1F. The lowest BCUT2D eigenvalue weighted by Gasteiger charge is -2.28. The van der Waals surface area contributed by atoms with E-state index >= 15 is 0 Å². The van der Waals surface area contributed by atoms with E-state index in [9.17, 15) is 18.7 Å². The van der Waals surface area contributed by atoms with Crippen LogP contribution in [0.2, 0.25) is 0 Å². The van der Waals surface area contributed by atoms with Crippen LogP contribution in [-0.2, 0) is 22.4 Å². The number of β-amino-alcohol motifs (C(OH)–C–C–N with tert-alkyl or cyclic N) is 1. The van der Waals surface area contributed by atoms with Gasteiger partial charge < -0.3 is 14.9 Å². The summed E-state index contributed by atoms with van der Waals surface area (Å²) in [5, 5.41) is 19.7. The number of nitrogens with zero attached hydrogens (tertiary/aromatic N) is 1. The number of rotatable bonds is 11. The van der Waals surface area contributed by atoms with E-state index in [1.165, 1.54) is 6.07 Å². The van der Waals surface area contributed by atoms with E-state index < -0.39 is 18.2 Å². The number of aliphatic hydroxyl groups is 1. The van der Waals surface area contributed by atoms with Crippen LogP contribution in [0.3, 0.4) is 0 Å². The van der Waals surface area contributed by atoms with E-state index in [4.69, 9.17) is 9.84 Å². The van der Waals surface area contributed by atoms with E-state index in [1.54, 1.807) is 32.0 Å². The number of hydrogen-bond acceptors (Lipinski definition) is 4. The summed E-state index contributed by atoms with van der Waals surface area (Å²) in [6.07, 6.45) is 1.78. The van der Waals surface area contributed by atoms with Crippen LogP contribution in [0, 0.1) is 25.5 Å². The summed E-state index contributed by atoms with van der Waals surface area (Å²) in [6, 6.07) is 8.61. The Morgan fingerprint density at radius 1 is 1.21 bits per heavy atom. The molecule has 3 rings (SSSR count). The molecule has 0 radical (unpaired) electrons. The van der Waals surface area contributed by atoms with Crippen molar-refractivity contribution >= 4 is 5.97 Å². The second kappa shape index (κ2) is 11.9. The van der Waals surface area contributed by atoms with E-state index in [2.05, 4.69) is 4.90 Å². The van der Waals surface area contributed by atoms with Crippen molar-refractivity contribution in [3.63, 3.8) is 0 Å². The molecule has 186 valence electrons. The second-order valence-corrected chi connectivity index (χ2v) is 9.34. The van der Waals surface area contributed by atoms with Gasteiger partial charge >= 0.3 is 5.97 Å². The average Bonchev–Trinajstić information content (AvgIpc) is 3.21. The molecule has 1 heterocycles. The van der Waals surface area contributed by atoms with E-state index in [0.29, 0.717) is 23.2 Å². The summed E-state index contributed by atoms with van der Waals surface area (Å²) in [7, 11) is 0.